The van der Waals surface area contributed by atoms with Gasteiger partial charge in [0.15, 0.2) is 41.4 Å². The molecule has 9 heterocycles. The van der Waals surface area contributed by atoms with Crippen molar-refractivity contribution in [2.75, 3.05) is 57.8 Å². The summed E-state index contributed by atoms with van der Waals surface area (Å²) in [5, 5.41) is 33.2. The first kappa shape index (κ1) is 57.9. The number of nitrogens with one attached hydrogen (secondary N) is 2. The summed E-state index contributed by atoms with van der Waals surface area (Å²) in [4.78, 5) is 97.4. The van der Waals surface area contributed by atoms with Crippen LogP contribution in [0.2, 0.25) is 0 Å². The second kappa shape index (κ2) is 22.3. The van der Waals surface area contributed by atoms with E-state index in [2.05, 4.69) is 48.5 Å². The van der Waals surface area contributed by atoms with E-state index in [4.69, 9.17) is 70.8 Å². The fourth-order valence-corrected chi connectivity index (χ4v) is 14.4. The number of fused-ring (bicyclic) bond motifs is 3. The van der Waals surface area contributed by atoms with Gasteiger partial charge in [-0.25, -0.2) is 42.5 Å². The van der Waals surface area contributed by atoms with Gasteiger partial charge in [0.2, 0.25) is 17.7 Å². The van der Waals surface area contributed by atoms with E-state index in [0.717, 1.165) is 24.3 Å². The molecule has 428 valence electrons. The van der Waals surface area contributed by atoms with Gasteiger partial charge in [-0.3, -0.25) is 46.8 Å². The summed E-state index contributed by atoms with van der Waals surface area (Å²) in [5.41, 5.74) is 16.0. The van der Waals surface area contributed by atoms with Gasteiger partial charge in [-0.2, -0.15) is 9.29 Å². The Morgan fingerprint density at radius 2 is 1.37 bits per heavy atom. The quantitative estimate of drug-likeness (QED) is 0.0234. The number of aliphatic hydroxyl groups is 3. The number of rotatable bonds is 22. The number of nitrogens with zero attached hydrogens (tertiary/aromatic N) is 10. The van der Waals surface area contributed by atoms with Crippen LogP contribution in [-0.2, 0) is 83.0 Å². The van der Waals surface area contributed by atoms with Crippen molar-refractivity contribution in [1.29, 1.82) is 0 Å². The van der Waals surface area contributed by atoms with Gasteiger partial charge in [-0.05, 0) is 18.2 Å². The van der Waals surface area contributed by atoms with E-state index in [1.807, 2.05) is 0 Å². The lowest BCUT2D eigenvalue weighted by molar-refractivity contribution is -0.745. The van der Waals surface area contributed by atoms with Crippen molar-refractivity contribution in [2.24, 2.45) is 13.0 Å². The molecule has 3 saturated heterocycles. The molecular weight excluding hydrogens is 1150 g/mol. The van der Waals surface area contributed by atoms with E-state index >= 15 is 0 Å². The number of phosphoric ester groups is 2. The number of nitrogens with two attached hydrogens (primary N) is 3. The number of methoxy groups -OCH3 is 2. The molecule has 38 nitrogen and oxygen atoms in total. The van der Waals surface area contributed by atoms with Crippen LogP contribution in [0, 0.1) is 5.92 Å². The van der Waals surface area contributed by atoms with Gasteiger partial charge in [0.05, 0.1) is 45.6 Å². The molecule has 3 fully saturated rings. The van der Waals surface area contributed by atoms with Gasteiger partial charge < -0.3 is 80.3 Å². The normalized spacial score (nSPS) is 29.8. The molecule has 0 aliphatic carbocycles. The van der Waals surface area contributed by atoms with Crippen molar-refractivity contribution < 1.29 is 104 Å². The fourth-order valence-electron chi connectivity index (χ4n) is 8.99. The van der Waals surface area contributed by atoms with E-state index < -0.39 is 135 Å². The van der Waals surface area contributed by atoms with Crippen molar-refractivity contribution in [2.45, 2.75) is 73.9 Å². The number of anilines is 3. The Hall–Kier alpha value is -4.73. The molecule has 5 unspecified atom stereocenters. The predicted octanol–water partition coefficient (Wildman–Crippen LogP) is -3.30. The number of nitrogen functional groups attached to an aromatic ring is 3. The summed E-state index contributed by atoms with van der Waals surface area (Å²) >= 11 is 4.95. The zero-order valence-corrected chi connectivity index (χ0v) is 44.7. The molecule has 3 aliphatic heterocycles. The van der Waals surface area contributed by atoms with Crippen molar-refractivity contribution in [3.05, 3.63) is 46.0 Å². The standard InChI is InChI=1S/C35H49N15O23P4S/c1-47-12-50(28-19(47)30(55)46-35(38)44-28)31-20(51)13(4-5-63-2)14(68-31)6-66-75(58,59)72-76(60,61)73-77(62,78)67-8-16-23(24(64-3)33(70-16)48-10-41-17-25(36)39-9-40-26(17)48)71-74(56,57)65-7-15-21(52)22(53)32(69-15)49-11-42-18-27(49)43-34(37)45-29(18)54/h9-16,20-24,31-33,51-53H,4-8H2,1-3H3,(H11-,36,37,38,39,40,43,44,45,46,54,55,56,57,58,59,60,61,62,78)/p+1/t13-,14-,15-,16?,20-,21-,22-,23-,24-,31-,32-,33-,77?/m1/s1. The average molecular weight is 1200 g/mol. The maximum atomic E-state index is 13.8. The molecule has 0 bridgehead atoms. The Balaban J connectivity index is 0.871. The number of aliphatic hydroxyl groups excluding tert-OH is 3. The molecule has 15 N–H and O–H groups in total. The number of aryl methyl sites for hydroxylation is 1. The van der Waals surface area contributed by atoms with E-state index in [9.17, 15) is 58.2 Å². The van der Waals surface area contributed by atoms with Gasteiger partial charge in [0.25, 0.3) is 17.1 Å². The number of hydrogen-bond acceptors (Lipinski definition) is 29. The highest BCUT2D eigenvalue weighted by Crippen LogP contribution is 2.68. The summed E-state index contributed by atoms with van der Waals surface area (Å²) in [6.07, 6.45) is -12.0. The van der Waals surface area contributed by atoms with Crippen molar-refractivity contribution in [1.82, 2.24) is 53.6 Å². The minimum Gasteiger partial charge on any atom is -0.387 e. The molecule has 16 atom stereocenters. The van der Waals surface area contributed by atoms with Crippen molar-refractivity contribution >= 4 is 93.2 Å². The SMILES string of the molecule is COCC[C@H]1[C@@H](O)[C@H]([n+]2cn(C)c3c(=O)[nH]c(N)nc32)O[C@@H]1COP(=O)(O)OP(=O)(O)OP(O)(=S)OCC1O[C@@H](n2cnc3c(N)ncnc32)[C@H](OC)[C@@H]1OP(=O)(O)OC[C@H]1O[C@@H](n2cnc3c(=O)[nH]c(N)nc32)[C@H](O)[C@@H]1O. The van der Waals surface area contributed by atoms with Crippen LogP contribution in [0.3, 0.4) is 0 Å². The minimum atomic E-state index is -5.97. The Morgan fingerprint density at radius 1 is 0.731 bits per heavy atom. The van der Waals surface area contributed by atoms with Crippen LogP contribution < -0.4 is 32.9 Å². The number of phosphoric acid groups is 3. The third-order valence-electron chi connectivity index (χ3n) is 12.4. The smallest absolute Gasteiger partial charge is 0.387 e. The zero-order chi connectivity index (χ0) is 56.4. The summed E-state index contributed by atoms with van der Waals surface area (Å²) in [7, 11) is -13.0. The average Bonchev–Trinajstić information content (AvgIpc) is 4.39. The second-order valence-corrected chi connectivity index (χ2v) is 24.8. The van der Waals surface area contributed by atoms with Crippen LogP contribution in [0.1, 0.15) is 25.1 Å². The molecule has 78 heavy (non-hydrogen) atoms. The highest BCUT2D eigenvalue weighted by molar-refractivity contribution is 8.08. The molecule has 0 radical (unpaired) electrons. The highest BCUT2D eigenvalue weighted by atomic mass is 32.5. The van der Waals surface area contributed by atoms with Crippen LogP contribution in [0.5, 0.6) is 0 Å². The van der Waals surface area contributed by atoms with Crippen LogP contribution in [0.15, 0.2) is 34.9 Å². The van der Waals surface area contributed by atoms with Crippen LogP contribution in [-0.4, -0.2) is 178 Å². The number of H-pyrrole nitrogens is 2. The number of aromatic nitrogens is 12. The first-order valence-corrected chi connectivity index (χ1v) is 29.6. The highest BCUT2D eigenvalue weighted by Gasteiger charge is 2.53. The first-order valence-electron chi connectivity index (χ1n) is 22.5. The molecule has 6 aromatic rings. The summed E-state index contributed by atoms with van der Waals surface area (Å²) in [5.74, 6) is -1.50. The Kier molecular flexibility index (Phi) is 16.6. The summed E-state index contributed by atoms with van der Waals surface area (Å²) in [6, 6.07) is 0. The predicted molar refractivity (Wildman–Crippen MR) is 260 cm³/mol. The lowest BCUT2D eigenvalue weighted by Crippen LogP contribution is -2.45. The number of aromatic amines is 2. The maximum Gasteiger partial charge on any atom is 0.488 e. The van der Waals surface area contributed by atoms with Gasteiger partial charge in [0.1, 0.15) is 54.6 Å². The van der Waals surface area contributed by atoms with Gasteiger partial charge in [0, 0.05) is 26.7 Å². The van der Waals surface area contributed by atoms with Crippen LogP contribution in [0.4, 0.5) is 17.7 Å². The Labute approximate surface area is 439 Å². The largest absolute Gasteiger partial charge is 0.488 e. The molecule has 3 aliphatic rings. The number of hydrogen-bond donors (Lipinski definition) is 12. The van der Waals surface area contributed by atoms with Crippen LogP contribution in [0.25, 0.3) is 33.5 Å². The Morgan fingerprint density at radius 3 is 2.09 bits per heavy atom. The fraction of sp³-hybridized carbons (Fsp3) is 0.571. The molecule has 0 spiro atoms. The van der Waals surface area contributed by atoms with E-state index in [0.29, 0.717) is 0 Å². The van der Waals surface area contributed by atoms with Crippen molar-refractivity contribution in [3.8, 4) is 0 Å². The molecule has 9 rings (SSSR count). The molecule has 0 amide bonds. The van der Waals surface area contributed by atoms with Crippen LogP contribution >= 0.6 is 30.2 Å². The first-order chi connectivity index (χ1) is 36.7. The monoisotopic (exact) mass is 1200 g/mol. The van der Waals surface area contributed by atoms with Crippen molar-refractivity contribution in [3.63, 3.8) is 0 Å². The maximum absolute atomic E-state index is 13.8. The van der Waals surface area contributed by atoms with E-state index in [-0.39, 0.29) is 64.2 Å². The third-order valence-corrected chi connectivity index (χ3v) is 18.6. The summed E-state index contributed by atoms with van der Waals surface area (Å²) in [6.45, 7) is -7.93. The van der Waals surface area contributed by atoms with Gasteiger partial charge in [-0.15, -0.1) is 0 Å². The molecule has 0 aromatic carbocycles. The lowest BCUT2D eigenvalue weighted by Gasteiger charge is -2.26. The minimum absolute atomic E-state index is 0.0131. The molecule has 43 heteroatoms. The molecule has 0 saturated carbocycles. The van der Waals surface area contributed by atoms with E-state index in [1.54, 1.807) is 0 Å². The number of ether oxygens (including phenoxy) is 5. The van der Waals surface area contributed by atoms with E-state index in [1.165, 1.54) is 40.5 Å². The van der Waals surface area contributed by atoms with Gasteiger partial charge in [-0.1, -0.05) is 4.98 Å². The Bertz CT molecular complexity index is 3530. The lowest BCUT2D eigenvalue weighted by atomic mass is 9.95. The molecule has 6 aromatic heterocycles. The third kappa shape index (κ3) is 11.9. The zero-order valence-electron chi connectivity index (χ0n) is 40.3. The summed E-state index contributed by atoms with van der Waals surface area (Å²) < 4.78 is 104. The van der Waals surface area contributed by atoms with Gasteiger partial charge >= 0.3 is 35.8 Å². The topological polar surface area (TPSA) is 534 Å². The number of imidazole rings is 3. The second-order valence-electron chi connectivity index (χ2n) is 17.4. The molecular formula is C35H50N15O23P4S+.